The van der Waals surface area contributed by atoms with E-state index in [0.29, 0.717) is 6.42 Å². The van der Waals surface area contributed by atoms with Gasteiger partial charge in [0.1, 0.15) is 0 Å². The maximum Gasteiger partial charge on any atom is 0.258 e. The van der Waals surface area contributed by atoms with E-state index in [2.05, 4.69) is 0 Å². The minimum atomic E-state index is -2.37. The largest absolute Gasteiger partial charge is 0.389 e. The Bertz CT molecular complexity index is 144. The summed E-state index contributed by atoms with van der Waals surface area (Å²) in [6.07, 6.45) is 0.129. The van der Waals surface area contributed by atoms with E-state index in [1.165, 1.54) is 6.92 Å². The molecule has 74 valence electrons. The fourth-order valence-electron chi connectivity index (χ4n) is 0.645. The van der Waals surface area contributed by atoms with E-state index in [9.17, 15) is 9.50 Å². The lowest BCUT2D eigenvalue weighted by atomic mass is 9.97. The molecule has 1 N–H and O–H groups in total. The van der Waals surface area contributed by atoms with Crippen molar-refractivity contribution in [3.8, 4) is 0 Å². The highest BCUT2D eigenvalue weighted by atomic mass is 35.5. The average molecular weight is 238 g/mol. The van der Waals surface area contributed by atoms with E-state index in [4.69, 9.17) is 34.8 Å². The maximum absolute atomic E-state index is 12.6. The van der Waals surface area contributed by atoms with Crippen molar-refractivity contribution in [1.29, 1.82) is 0 Å². The topological polar surface area (TPSA) is 20.2 Å². The zero-order valence-corrected chi connectivity index (χ0v) is 9.22. The molecule has 0 heterocycles. The molecule has 0 aromatic carbocycles. The molecule has 5 heteroatoms. The summed E-state index contributed by atoms with van der Waals surface area (Å²) in [7, 11) is 0. The van der Waals surface area contributed by atoms with Crippen LogP contribution in [0.15, 0.2) is 0 Å². The first-order chi connectivity index (χ1) is 5.19. The highest BCUT2D eigenvalue weighted by molar-refractivity contribution is 6.47. The molecule has 0 aliphatic heterocycles. The Balaban J connectivity index is 4.13. The molecular formula is C7H12Cl3FO. The van der Waals surface area contributed by atoms with Crippen LogP contribution < -0.4 is 0 Å². The first-order valence-corrected chi connectivity index (χ1v) is 4.81. The zero-order chi connectivity index (χ0) is 9.99. The molecule has 0 radical (unpaired) electrons. The summed E-state index contributed by atoms with van der Waals surface area (Å²) in [6.45, 7) is 3.27. The molecule has 0 amide bonds. The van der Waals surface area contributed by atoms with Gasteiger partial charge in [-0.25, -0.2) is 4.39 Å². The molecule has 12 heavy (non-hydrogen) atoms. The molecular weight excluding hydrogens is 225 g/mol. The summed E-state index contributed by atoms with van der Waals surface area (Å²) < 4.78 is 10.3. The molecule has 0 fully saturated rings. The number of aliphatic hydroxyl groups is 1. The van der Waals surface area contributed by atoms with E-state index in [1.807, 2.05) is 0 Å². The lowest BCUT2D eigenvalue weighted by Crippen LogP contribution is -2.37. The predicted molar refractivity (Wildman–Crippen MR) is 50.7 cm³/mol. The van der Waals surface area contributed by atoms with Crippen molar-refractivity contribution < 1.29 is 9.50 Å². The summed E-state index contributed by atoms with van der Waals surface area (Å²) >= 11 is 15.9. The molecule has 0 aliphatic carbocycles. The Morgan fingerprint density at radius 3 is 2.17 bits per heavy atom. The molecule has 1 nitrogen and oxygen atoms in total. The van der Waals surface area contributed by atoms with Gasteiger partial charge in [0.25, 0.3) is 4.59 Å². The van der Waals surface area contributed by atoms with Crippen LogP contribution in [0.1, 0.15) is 26.7 Å². The molecule has 2 atom stereocenters. The Kier molecular flexibility index (Phi) is 4.59. The van der Waals surface area contributed by atoms with Gasteiger partial charge in [0, 0.05) is 6.42 Å². The van der Waals surface area contributed by atoms with Gasteiger partial charge in [0.05, 0.1) is 11.0 Å². The van der Waals surface area contributed by atoms with Gasteiger partial charge in [-0.05, 0) is 13.3 Å². The number of hydrogen-bond acceptors (Lipinski definition) is 1. The van der Waals surface area contributed by atoms with Crippen LogP contribution >= 0.6 is 34.8 Å². The quantitative estimate of drug-likeness (QED) is 0.744. The SMILES string of the molecule is CCC(C)(O)C(Cl)CC(F)(Cl)Cl. The fourth-order valence-corrected chi connectivity index (χ4v) is 1.48. The summed E-state index contributed by atoms with van der Waals surface area (Å²) in [5.74, 6) is 0. The van der Waals surface area contributed by atoms with Gasteiger partial charge >= 0.3 is 0 Å². The van der Waals surface area contributed by atoms with Crippen molar-refractivity contribution >= 4 is 34.8 Å². The Hall–Kier alpha value is 0.760. The lowest BCUT2D eigenvalue weighted by Gasteiger charge is -2.28. The number of hydrogen-bond donors (Lipinski definition) is 1. The summed E-state index contributed by atoms with van der Waals surface area (Å²) in [4.78, 5) is 0. The van der Waals surface area contributed by atoms with Crippen LogP contribution in [0.5, 0.6) is 0 Å². The Morgan fingerprint density at radius 1 is 1.50 bits per heavy atom. The number of alkyl halides is 4. The van der Waals surface area contributed by atoms with Gasteiger partial charge in [0.15, 0.2) is 0 Å². The highest BCUT2D eigenvalue weighted by Crippen LogP contribution is 2.34. The van der Waals surface area contributed by atoms with Crippen LogP contribution in [0.3, 0.4) is 0 Å². The minimum Gasteiger partial charge on any atom is -0.389 e. The molecule has 0 rings (SSSR count). The van der Waals surface area contributed by atoms with E-state index >= 15 is 0 Å². The van der Waals surface area contributed by atoms with Gasteiger partial charge in [-0.3, -0.25) is 0 Å². The van der Waals surface area contributed by atoms with E-state index < -0.39 is 15.6 Å². The molecule has 0 spiro atoms. The molecule has 0 aromatic rings. The number of halogens is 4. The number of rotatable bonds is 4. The van der Waals surface area contributed by atoms with Gasteiger partial charge in [-0.1, -0.05) is 30.1 Å². The van der Waals surface area contributed by atoms with Gasteiger partial charge in [0.2, 0.25) is 0 Å². The Morgan fingerprint density at radius 2 is 1.92 bits per heavy atom. The third-order valence-electron chi connectivity index (χ3n) is 1.80. The molecule has 0 saturated heterocycles. The lowest BCUT2D eigenvalue weighted by molar-refractivity contribution is 0.0439. The smallest absolute Gasteiger partial charge is 0.258 e. The zero-order valence-electron chi connectivity index (χ0n) is 6.95. The molecule has 0 bridgehead atoms. The van der Waals surface area contributed by atoms with Gasteiger partial charge in [-0.2, -0.15) is 0 Å². The second-order valence-electron chi connectivity index (χ2n) is 3.00. The predicted octanol–water partition coefficient (Wildman–Crippen LogP) is 3.25. The van der Waals surface area contributed by atoms with Crippen molar-refractivity contribution in [1.82, 2.24) is 0 Å². The third kappa shape index (κ3) is 4.70. The van der Waals surface area contributed by atoms with Crippen LogP contribution in [0.4, 0.5) is 4.39 Å². The first-order valence-electron chi connectivity index (χ1n) is 3.62. The summed E-state index contributed by atoms with van der Waals surface area (Å²) in [6, 6.07) is 0. The van der Waals surface area contributed by atoms with Crippen LogP contribution in [0.2, 0.25) is 0 Å². The normalized spacial score (nSPS) is 20.2. The monoisotopic (exact) mass is 236 g/mol. The highest BCUT2D eigenvalue weighted by Gasteiger charge is 2.36. The first kappa shape index (κ1) is 12.8. The average Bonchev–Trinajstić information content (AvgIpc) is 1.84. The fraction of sp³-hybridized carbons (Fsp3) is 1.00. The molecule has 0 aliphatic rings. The second-order valence-corrected chi connectivity index (χ2v) is 4.92. The van der Waals surface area contributed by atoms with E-state index in [-0.39, 0.29) is 6.42 Å². The van der Waals surface area contributed by atoms with Crippen molar-refractivity contribution in [3.05, 3.63) is 0 Å². The van der Waals surface area contributed by atoms with Crippen LogP contribution in [-0.4, -0.2) is 20.7 Å². The van der Waals surface area contributed by atoms with Crippen molar-refractivity contribution in [2.45, 2.75) is 42.3 Å². The summed E-state index contributed by atoms with van der Waals surface area (Å²) in [5, 5.41) is 8.75. The summed E-state index contributed by atoms with van der Waals surface area (Å²) in [5.41, 5.74) is -1.14. The standard InChI is InChI=1S/C7H12Cl3FO/c1-3-6(2,12)5(8)4-7(9,10)11/h5,12H,3-4H2,1-2H3. The maximum atomic E-state index is 12.6. The van der Waals surface area contributed by atoms with E-state index in [0.717, 1.165) is 0 Å². The van der Waals surface area contributed by atoms with Crippen LogP contribution in [0, 0.1) is 0 Å². The van der Waals surface area contributed by atoms with Crippen molar-refractivity contribution in [3.63, 3.8) is 0 Å². The molecule has 2 unspecified atom stereocenters. The minimum absolute atomic E-state index is 0.293. The van der Waals surface area contributed by atoms with Crippen LogP contribution in [0.25, 0.3) is 0 Å². The van der Waals surface area contributed by atoms with Crippen molar-refractivity contribution in [2.24, 2.45) is 0 Å². The van der Waals surface area contributed by atoms with Gasteiger partial charge in [-0.15, -0.1) is 11.6 Å². The van der Waals surface area contributed by atoms with Crippen LogP contribution in [-0.2, 0) is 0 Å². The molecule has 0 aromatic heterocycles. The van der Waals surface area contributed by atoms with E-state index in [1.54, 1.807) is 6.92 Å². The van der Waals surface area contributed by atoms with Crippen molar-refractivity contribution in [2.75, 3.05) is 0 Å². The third-order valence-corrected chi connectivity index (χ3v) is 2.73. The Labute approximate surface area is 86.8 Å². The van der Waals surface area contributed by atoms with Gasteiger partial charge < -0.3 is 5.11 Å². The second kappa shape index (κ2) is 4.32. The molecule has 0 saturated carbocycles.